The number of nitrogens with zero attached hydrogens (tertiary/aromatic N) is 1. The zero-order valence-electron chi connectivity index (χ0n) is 20.8. The maximum absolute atomic E-state index is 13.7. The number of fused-ring (bicyclic) bond motifs is 1. The average molecular weight is 502 g/mol. The number of carbonyl (C=O) groups excluding carboxylic acids is 2. The number of nitrogens with one attached hydrogen (secondary N) is 1. The van der Waals surface area contributed by atoms with E-state index in [1.165, 1.54) is 7.11 Å². The molecule has 0 aromatic heterocycles. The van der Waals surface area contributed by atoms with E-state index in [0.717, 1.165) is 5.56 Å². The molecule has 3 aromatic carbocycles. The minimum atomic E-state index is -1.79. The summed E-state index contributed by atoms with van der Waals surface area (Å²) in [6.45, 7) is 1.95. The molecule has 8 heteroatoms. The Hall–Kier alpha value is -4.14. The van der Waals surface area contributed by atoms with Gasteiger partial charge in [0.2, 0.25) is 0 Å². The summed E-state index contributed by atoms with van der Waals surface area (Å²) in [6.07, 6.45) is 3.93. The van der Waals surface area contributed by atoms with Crippen LogP contribution in [0.1, 0.15) is 34.8 Å². The van der Waals surface area contributed by atoms with Crippen LogP contribution in [0, 0.1) is 5.92 Å². The predicted octanol–water partition coefficient (Wildman–Crippen LogP) is 3.84. The summed E-state index contributed by atoms with van der Waals surface area (Å²) in [5.74, 6) is -0.739. The lowest BCUT2D eigenvalue weighted by Gasteiger charge is -2.28. The fourth-order valence-corrected chi connectivity index (χ4v) is 4.49. The number of hydrogen-bond acceptors (Lipinski definition) is 6. The summed E-state index contributed by atoms with van der Waals surface area (Å²) in [6, 6.07) is 19.1. The lowest BCUT2D eigenvalue weighted by Crippen LogP contribution is -2.44. The summed E-state index contributed by atoms with van der Waals surface area (Å²) >= 11 is 0. The van der Waals surface area contributed by atoms with E-state index in [4.69, 9.17) is 15.6 Å². The van der Waals surface area contributed by atoms with Gasteiger partial charge in [-0.15, -0.1) is 0 Å². The Balaban J connectivity index is 1.61. The highest BCUT2D eigenvalue weighted by Gasteiger charge is 2.52. The first-order valence-electron chi connectivity index (χ1n) is 12.0. The Morgan fingerprint density at radius 3 is 2.62 bits per heavy atom. The van der Waals surface area contributed by atoms with Gasteiger partial charge in [0.15, 0.2) is 5.60 Å². The molecule has 0 saturated carbocycles. The summed E-state index contributed by atoms with van der Waals surface area (Å²) < 4.78 is 5.36. The minimum Gasteiger partial charge on any atom is -0.497 e. The minimum absolute atomic E-state index is 0.0165. The van der Waals surface area contributed by atoms with Crippen molar-refractivity contribution in [3.05, 3.63) is 95.6 Å². The molecule has 1 aliphatic heterocycles. The van der Waals surface area contributed by atoms with Gasteiger partial charge in [-0.1, -0.05) is 31.2 Å². The van der Waals surface area contributed by atoms with Crippen LogP contribution < -0.4 is 20.7 Å². The number of methoxy groups -OCH3 is 1. The van der Waals surface area contributed by atoms with Crippen molar-refractivity contribution in [3.63, 3.8) is 0 Å². The molecule has 0 fully saturated rings. The fraction of sp³-hybridized carbons (Fsp3) is 0.241. The lowest BCUT2D eigenvalue weighted by molar-refractivity contribution is -0.139. The van der Waals surface area contributed by atoms with Crippen LogP contribution in [-0.4, -0.2) is 35.7 Å². The molecule has 0 spiro atoms. The van der Waals surface area contributed by atoms with E-state index in [1.807, 2.05) is 6.07 Å². The van der Waals surface area contributed by atoms with Crippen molar-refractivity contribution in [2.24, 2.45) is 5.92 Å². The third kappa shape index (κ3) is 5.21. The van der Waals surface area contributed by atoms with Gasteiger partial charge in [-0.05, 0) is 66.6 Å². The van der Waals surface area contributed by atoms with Crippen LogP contribution in [0.25, 0.3) is 0 Å². The topological polar surface area (TPSA) is 125 Å². The first kappa shape index (κ1) is 25.9. The molecule has 0 radical (unpaired) electrons. The van der Waals surface area contributed by atoms with E-state index in [2.05, 4.69) is 5.32 Å². The number of rotatable bonds is 9. The summed E-state index contributed by atoms with van der Waals surface area (Å²) in [5, 5.41) is 23.7. The molecule has 1 heterocycles. The van der Waals surface area contributed by atoms with Crippen LogP contribution in [0.5, 0.6) is 5.75 Å². The Labute approximate surface area is 216 Å². The highest BCUT2D eigenvalue weighted by atomic mass is 16.5. The van der Waals surface area contributed by atoms with Crippen LogP contribution in [0.2, 0.25) is 0 Å². The Kier molecular flexibility index (Phi) is 7.61. The number of carbonyl (C=O) groups is 2. The molecule has 0 saturated heterocycles. The van der Waals surface area contributed by atoms with E-state index in [0.29, 0.717) is 40.4 Å². The molecule has 5 N–H and O–H groups in total. The first-order valence-corrected chi connectivity index (χ1v) is 12.0. The first-order chi connectivity index (χ1) is 17.8. The number of hydrogen-bond donors (Lipinski definition) is 4. The molecule has 1 aliphatic rings. The molecule has 8 nitrogen and oxygen atoms in total. The van der Waals surface area contributed by atoms with E-state index in [9.17, 15) is 14.7 Å². The maximum Gasteiger partial charge on any atom is 0.264 e. The number of nitrogen functional groups attached to an aromatic ring is 1. The average Bonchev–Trinajstić information content (AvgIpc) is 3.11. The highest BCUT2D eigenvalue weighted by Crippen LogP contribution is 2.47. The van der Waals surface area contributed by atoms with Crippen molar-refractivity contribution in [1.82, 2.24) is 0 Å². The summed E-state index contributed by atoms with van der Waals surface area (Å²) in [5.41, 5.74) is 7.37. The molecular weight excluding hydrogens is 470 g/mol. The lowest BCUT2D eigenvalue weighted by atomic mass is 9.83. The predicted molar refractivity (Wildman–Crippen MR) is 143 cm³/mol. The van der Waals surface area contributed by atoms with Crippen molar-refractivity contribution >= 4 is 28.9 Å². The molecule has 4 rings (SSSR count). The third-order valence-electron chi connectivity index (χ3n) is 6.55. The Morgan fingerprint density at radius 1 is 1.16 bits per heavy atom. The van der Waals surface area contributed by atoms with E-state index >= 15 is 0 Å². The van der Waals surface area contributed by atoms with E-state index < -0.39 is 17.4 Å². The van der Waals surface area contributed by atoms with Crippen LogP contribution in [0.15, 0.2) is 78.9 Å². The molecule has 2 amide bonds. The van der Waals surface area contributed by atoms with Crippen LogP contribution >= 0.6 is 0 Å². The van der Waals surface area contributed by atoms with Gasteiger partial charge in [-0.2, -0.15) is 0 Å². The molecule has 0 unspecified atom stereocenters. The normalized spacial score (nSPS) is 17.6. The van der Waals surface area contributed by atoms with Crippen molar-refractivity contribution in [2.45, 2.75) is 25.5 Å². The van der Waals surface area contributed by atoms with Gasteiger partial charge in [0.1, 0.15) is 5.75 Å². The SMILES string of the molecule is COc1ccc2c(c1)[C@@](O)([C@H](C)/C=C/CCO)C(=O)N2Cc1cccc(NC(=O)c2ccc(N)cc2)c1. The standard InChI is InChI=1S/C29H31N3O5/c1-19(6-3-4-15-33)29(36)25-17-24(37-2)13-14-26(25)32(28(29)35)18-20-7-5-8-23(16-20)31-27(34)21-9-11-22(30)12-10-21/h3,5-14,16-17,19,33,36H,4,15,18,30H2,1-2H3,(H,31,34)/b6-3+/t19-,29+/m1/s1. The smallest absolute Gasteiger partial charge is 0.264 e. The number of nitrogens with two attached hydrogens (primary N) is 1. The van der Waals surface area contributed by atoms with Crippen molar-refractivity contribution in [1.29, 1.82) is 0 Å². The van der Waals surface area contributed by atoms with Gasteiger partial charge in [0.25, 0.3) is 11.8 Å². The molecule has 3 aromatic rings. The summed E-state index contributed by atoms with van der Waals surface area (Å²) in [4.78, 5) is 27.9. The van der Waals surface area contributed by atoms with Gasteiger partial charge >= 0.3 is 0 Å². The van der Waals surface area contributed by atoms with Crippen LogP contribution in [-0.2, 0) is 16.9 Å². The van der Waals surface area contributed by atoms with Gasteiger partial charge < -0.3 is 30.9 Å². The largest absolute Gasteiger partial charge is 0.497 e. The second kappa shape index (κ2) is 10.9. The van der Waals surface area contributed by atoms with E-state index in [-0.39, 0.29) is 19.1 Å². The second-order valence-electron chi connectivity index (χ2n) is 9.05. The number of benzene rings is 3. The van der Waals surface area contributed by atoms with Crippen molar-refractivity contribution in [3.8, 4) is 5.75 Å². The number of amides is 2. The molecule has 192 valence electrons. The van der Waals surface area contributed by atoms with Crippen LogP contribution in [0.3, 0.4) is 0 Å². The molecule has 0 aliphatic carbocycles. The maximum atomic E-state index is 13.7. The number of aliphatic hydroxyl groups excluding tert-OH is 1. The van der Waals surface area contributed by atoms with Gasteiger partial charge in [-0.3, -0.25) is 9.59 Å². The summed E-state index contributed by atoms with van der Waals surface area (Å²) in [7, 11) is 1.53. The zero-order chi connectivity index (χ0) is 26.6. The fourth-order valence-electron chi connectivity index (χ4n) is 4.49. The monoisotopic (exact) mass is 501 g/mol. The molecular formula is C29H31N3O5. The quantitative estimate of drug-likeness (QED) is 0.261. The Bertz CT molecular complexity index is 1320. The van der Waals surface area contributed by atoms with Crippen molar-refractivity contribution < 1.29 is 24.5 Å². The number of ether oxygens (including phenoxy) is 1. The van der Waals surface area contributed by atoms with Gasteiger partial charge in [0, 0.05) is 35.0 Å². The van der Waals surface area contributed by atoms with Crippen LogP contribution in [0.4, 0.5) is 17.1 Å². The molecule has 37 heavy (non-hydrogen) atoms. The highest BCUT2D eigenvalue weighted by molar-refractivity contribution is 6.07. The second-order valence-corrected chi connectivity index (χ2v) is 9.05. The molecule has 2 atom stereocenters. The van der Waals surface area contributed by atoms with Gasteiger partial charge in [-0.25, -0.2) is 0 Å². The number of anilines is 3. The third-order valence-corrected chi connectivity index (χ3v) is 6.55. The van der Waals surface area contributed by atoms with Gasteiger partial charge in [0.05, 0.1) is 19.3 Å². The molecule has 0 bridgehead atoms. The van der Waals surface area contributed by atoms with E-state index in [1.54, 1.807) is 84.6 Å². The zero-order valence-corrected chi connectivity index (χ0v) is 20.8. The number of aliphatic hydroxyl groups is 2. The van der Waals surface area contributed by atoms with Crippen molar-refractivity contribution in [2.75, 3.05) is 29.7 Å². The Morgan fingerprint density at radius 2 is 1.92 bits per heavy atom.